The van der Waals surface area contributed by atoms with Crippen molar-refractivity contribution in [3.63, 3.8) is 0 Å². The lowest BCUT2D eigenvalue weighted by atomic mass is 9.97. The molecule has 1 fully saturated rings. The lowest BCUT2D eigenvalue weighted by molar-refractivity contribution is -0.137. The van der Waals surface area contributed by atoms with Crippen LogP contribution in [-0.4, -0.2) is 47.2 Å². The van der Waals surface area contributed by atoms with Crippen LogP contribution < -0.4 is 4.41 Å². The number of aliphatic hydroxyl groups excluding tert-OH is 1. The first-order chi connectivity index (χ1) is 16.0. The second kappa shape index (κ2) is 8.97. The SMILES string of the molecule is Cc1ccccc1-c1cc(N(N2CC[C@H](O)[C@H]2C)S(=O)(=O)c2ccccn2)ncc1C(F)(F)F. The first kappa shape index (κ1) is 24.1. The number of benzene rings is 1. The Kier molecular flexibility index (Phi) is 6.36. The summed E-state index contributed by atoms with van der Waals surface area (Å²) in [7, 11) is -4.36. The van der Waals surface area contributed by atoms with Crippen molar-refractivity contribution in [2.45, 2.75) is 43.6 Å². The van der Waals surface area contributed by atoms with Crippen LogP contribution in [0.4, 0.5) is 19.0 Å². The highest BCUT2D eigenvalue weighted by molar-refractivity contribution is 7.92. The van der Waals surface area contributed by atoms with Crippen molar-refractivity contribution >= 4 is 15.8 Å². The Balaban J connectivity index is 1.95. The molecule has 0 amide bonds. The highest BCUT2D eigenvalue weighted by Gasteiger charge is 2.42. The predicted molar refractivity (Wildman–Crippen MR) is 120 cm³/mol. The molecule has 1 aliphatic heterocycles. The summed E-state index contributed by atoms with van der Waals surface area (Å²) in [5, 5.41) is 11.4. The maximum atomic E-state index is 13.9. The number of halogens is 3. The van der Waals surface area contributed by atoms with Gasteiger partial charge < -0.3 is 5.11 Å². The van der Waals surface area contributed by atoms with Crippen molar-refractivity contribution in [1.82, 2.24) is 15.0 Å². The molecule has 2 atom stereocenters. The molecule has 2 aromatic heterocycles. The lowest BCUT2D eigenvalue weighted by Gasteiger charge is -2.35. The number of hydrogen-bond donors (Lipinski definition) is 1. The quantitative estimate of drug-likeness (QED) is 0.579. The number of hydrazine groups is 1. The van der Waals surface area contributed by atoms with Crippen LogP contribution in [0.3, 0.4) is 0 Å². The number of rotatable bonds is 5. The van der Waals surface area contributed by atoms with Gasteiger partial charge in [-0.3, -0.25) is 0 Å². The van der Waals surface area contributed by atoms with Crippen LogP contribution in [0.5, 0.6) is 0 Å². The maximum absolute atomic E-state index is 13.9. The Morgan fingerprint density at radius 2 is 1.79 bits per heavy atom. The maximum Gasteiger partial charge on any atom is 0.418 e. The van der Waals surface area contributed by atoms with Crippen molar-refractivity contribution in [2.75, 3.05) is 11.0 Å². The van der Waals surface area contributed by atoms with Gasteiger partial charge in [-0.25, -0.2) is 9.97 Å². The molecule has 0 saturated carbocycles. The summed E-state index contributed by atoms with van der Waals surface area (Å²) in [6.07, 6.45) is -3.26. The van der Waals surface area contributed by atoms with Gasteiger partial charge in [-0.15, -0.1) is 0 Å². The summed E-state index contributed by atoms with van der Waals surface area (Å²) in [6.45, 7) is 3.48. The molecule has 1 aliphatic rings. The van der Waals surface area contributed by atoms with Gasteiger partial charge in [0, 0.05) is 18.9 Å². The van der Waals surface area contributed by atoms with Gasteiger partial charge in [0.2, 0.25) is 0 Å². The van der Waals surface area contributed by atoms with Crippen molar-refractivity contribution in [3.05, 3.63) is 72.1 Å². The number of aromatic nitrogens is 2. The van der Waals surface area contributed by atoms with E-state index in [1.165, 1.54) is 23.3 Å². The minimum Gasteiger partial charge on any atom is -0.391 e. The fourth-order valence-electron chi connectivity index (χ4n) is 4.02. The van der Waals surface area contributed by atoms with Crippen molar-refractivity contribution in [2.24, 2.45) is 0 Å². The van der Waals surface area contributed by atoms with E-state index < -0.39 is 33.9 Å². The number of pyridine rings is 2. The van der Waals surface area contributed by atoms with E-state index in [2.05, 4.69) is 9.97 Å². The van der Waals surface area contributed by atoms with Crippen LogP contribution in [0.15, 0.2) is 66.0 Å². The molecular formula is C23H23F3N4O3S. The molecule has 7 nitrogen and oxygen atoms in total. The monoisotopic (exact) mass is 492 g/mol. The van der Waals surface area contributed by atoms with Gasteiger partial charge >= 0.3 is 6.18 Å². The summed E-state index contributed by atoms with van der Waals surface area (Å²) < 4.78 is 69.8. The molecule has 0 spiro atoms. The summed E-state index contributed by atoms with van der Waals surface area (Å²) in [5.74, 6) is -0.224. The highest BCUT2D eigenvalue weighted by atomic mass is 32.2. The van der Waals surface area contributed by atoms with E-state index in [0.29, 0.717) is 23.7 Å². The van der Waals surface area contributed by atoms with Crippen molar-refractivity contribution in [1.29, 1.82) is 0 Å². The zero-order valence-corrected chi connectivity index (χ0v) is 19.3. The molecule has 1 saturated heterocycles. The third kappa shape index (κ3) is 4.38. The first-order valence-corrected chi connectivity index (χ1v) is 12.0. The van der Waals surface area contributed by atoms with Crippen molar-refractivity contribution < 1.29 is 26.7 Å². The van der Waals surface area contributed by atoms with E-state index >= 15 is 0 Å². The van der Waals surface area contributed by atoms with E-state index in [-0.39, 0.29) is 23.0 Å². The Morgan fingerprint density at radius 3 is 2.38 bits per heavy atom. The molecular weight excluding hydrogens is 469 g/mol. The number of sulfonamides is 1. The van der Waals surface area contributed by atoms with Crippen LogP contribution >= 0.6 is 0 Å². The first-order valence-electron chi connectivity index (χ1n) is 10.6. The Labute approximate surface area is 195 Å². The van der Waals surface area contributed by atoms with Gasteiger partial charge in [0.05, 0.1) is 17.7 Å². The number of anilines is 1. The molecule has 180 valence electrons. The standard InChI is InChI=1S/C23H23F3N4O3S/c1-15-7-3-4-8-17(15)18-13-21(28-14-19(18)23(24,25)26)30(29-12-10-20(31)16(29)2)34(32,33)22-9-5-6-11-27-22/h3-9,11,13-14,16,20,31H,10,12H2,1-2H3/t16-,20+/m1/s1. The molecule has 3 aromatic rings. The smallest absolute Gasteiger partial charge is 0.391 e. The molecule has 1 N–H and O–H groups in total. The molecule has 1 aromatic carbocycles. The average molecular weight is 493 g/mol. The molecule has 11 heteroatoms. The topological polar surface area (TPSA) is 86.6 Å². The minimum atomic E-state index is -4.70. The Bertz CT molecular complexity index is 1290. The zero-order chi connectivity index (χ0) is 24.7. The number of alkyl halides is 3. The fraction of sp³-hybridized carbons (Fsp3) is 0.304. The van der Waals surface area contributed by atoms with Gasteiger partial charge in [-0.2, -0.15) is 31.0 Å². The van der Waals surface area contributed by atoms with Crippen LogP contribution in [0.1, 0.15) is 24.5 Å². The third-order valence-electron chi connectivity index (χ3n) is 5.87. The second-order valence-electron chi connectivity index (χ2n) is 8.08. The number of hydrogen-bond acceptors (Lipinski definition) is 6. The van der Waals surface area contributed by atoms with Gasteiger partial charge in [0.1, 0.15) is 0 Å². The van der Waals surface area contributed by atoms with Crippen molar-refractivity contribution in [3.8, 4) is 11.1 Å². The van der Waals surface area contributed by atoms with Gasteiger partial charge in [0.15, 0.2) is 10.8 Å². The van der Waals surface area contributed by atoms with Gasteiger partial charge in [-0.1, -0.05) is 30.3 Å². The van der Waals surface area contributed by atoms with E-state index in [1.54, 1.807) is 44.2 Å². The molecule has 34 heavy (non-hydrogen) atoms. The molecule has 0 unspecified atom stereocenters. The normalized spacial score (nSPS) is 19.4. The Hall–Kier alpha value is -3.02. The average Bonchev–Trinajstić information content (AvgIpc) is 3.12. The van der Waals surface area contributed by atoms with Gasteiger partial charge in [0.25, 0.3) is 10.0 Å². The van der Waals surface area contributed by atoms with Crippen LogP contribution in [-0.2, 0) is 16.2 Å². The van der Waals surface area contributed by atoms with Gasteiger partial charge in [-0.05, 0) is 55.2 Å². The zero-order valence-electron chi connectivity index (χ0n) is 18.4. The van der Waals surface area contributed by atoms with Crippen LogP contribution in [0.25, 0.3) is 11.1 Å². The largest absolute Gasteiger partial charge is 0.418 e. The number of aryl methyl sites for hydroxylation is 1. The Morgan fingerprint density at radius 1 is 1.09 bits per heavy atom. The molecule has 0 radical (unpaired) electrons. The van der Waals surface area contributed by atoms with Crippen LogP contribution in [0, 0.1) is 6.92 Å². The lowest BCUT2D eigenvalue weighted by Crippen LogP contribution is -2.50. The molecule has 3 heterocycles. The fourth-order valence-corrected chi connectivity index (χ4v) is 5.49. The number of aliphatic hydroxyl groups is 1. The summed E-state index contributed by atoms with van der Waals surface area (Å²) in [5.41, 5.74) is -0.267. The van der Waals surface area contributed by atoms with E-state index in [9.17, 15) is 26.7 Å². The third-order valence-corrected chi connectivity index (χ3v) is 7.49. The predicted octanol–water partition coefficient (Wildman–Crippen LogP) is 4.04. The highest BCUT2D eigenvalue weighted by Crippen LogP contribution is 2.40. The van der Waals surface area contributed by atoms with E-state index in [0.717, 1.165) is 10.5 Å². The van der Waals surface area contributed by atoms with E-state index in [4.69, 9.17) is 0 Å². The molecule has 4 rings (SSSR count). The summed E-state index contributed by atoms with van der Waals surface area (Å²) in [6, 6.07) is 11.4. The number of nitrogens with zero attached hydrogens (tertiary/aromatic N) is 4. The summed E-state index contributed by atoms with van der Waals surface area (Å²) in [4.78, 5) is 7.87. The van der Waals surface area contributed by atoms with Crippen LogP contribution in [0.2, 0.25) is 0 Å². The second-order valence-corrected chi connectivity index (χ2v) is 9.79. The minimum absolute atomic E-state index is 0.163. The summed E-state index contributed by atoms with van der Waals surface area (Å²) >= 11 is 0. The molecule has 0 bridgehead atoms. The van der Waals surface area contributed by atoms with E-state index in [1.807, 2.05) is 0 Å². The molecule has 0 aliphatic carbocycles.